The lowest BCUT2D eigenvalue weighted by Gasteiger charge is -2.29. The third kappa shape index (κ3) is 0.682. The molecule has 0 heteroatoms. The molecule has 4 rings (SSSR count). The number of fused-ring (bicyclic) bond motifs is 2. The molecule has 0 spiro atoms. The predicted octanol–water partition coefficient (Wildman–Crippen LogP) is 3.22. The molecule has 0 nitrogen and oxygen atoms in total. The predicted molar refractivity (Wildman–Crippen MR) is 50.5 cm³/mol. The third-order valence-electron chi connectivity index (χ3n) is 3.62. The molecule has 0 radical (unpaired) electrons. The molecule has 0 saturated heterocycles. The van der Waals surface area contributed by atoms with Gasteiger partial charge in [0.1, 0.15) is 0 Å². The summed E-state index contributed by atoms with van der Waals surface area (Å²) in [6, 6.07) is 6.89. The minimum Gasteiger partial charge on any atom is -0.0617 e. The zero-order chi connectivity index (χ0) is 8.13. The van der Waals surface area contributed by atoms with E-state index in [1.807, 2.05) is 0 Å². The van der Waals surface area contributed by atoms with Crippen LogP contribution < -0.4 is 0 Å². The summed E-state index contributed by atoms with van der Waals surface area (Å²) in [5, 5.41) is 0. The first kappa shape index (κ1) is 6.71. The summed E-state index contributed by atoms with van der Waals surface area (Å²) in [6.07, 6.45) is 4.18. The topological polar surface area (TPSA) is 0 Å². The summed E-state index contributed by atoms with van der Waals surface area (Å²) in [5.41, 5.74) is 4.99. The van der Waals surface area contributed by atoms with Crippen LogP contribution in [0, 0.1) is 0 Å². The standard InChI is InChI=1S/C12H14/c1-8-5-6-9-7-12-10(8)3-2-4-11(9)12/h2-4,8-9H,5-7H2,1H3. The zero-order valence-electron chi connectivity index (χ0n) is 7.51. The molecule has 3 aliphatic carbocycles. The number of rotatable bonds is 0. The molecular weight excluding hydrogens is 144 g/mol. The van der Waals surface area contributed by atoms with Gasteiger partial charge in [0.15, 0.2) is 0 Å². The van der Waals surface area contributed by atoms with Gasteiger partial charge < -0.3 is 0 Å². The summed E-state index contributed by atoms with van der Waals surface area (Å²) in [5.74, 6) is 1.73. The zero-order valence-corrected chi connectivity index (χ0v) is 7.51. The maximum atomic E-state index is 2.37. The van der Waals surface area contributed by atoms with Crippen LogP contribution >= 0.6 is 0 Å². The highest BCUT2D eigenvalue weighted by molar-refractivity contribution is 5.48. The van der Waals surface area contributed by atoms with E-state index >= 15 is 0 Å². The van der Waals surface area contributed by atoms with Crippen LogP contribution in [0.5, 0.6) is 0 Å². The molecule has 4 bridgehead atoms. The van der Waals surface area contributed by atoms with E-state index < -0.39 is 0 Å². The lowest BCUT2D eigenvalue weighted by atomic mass is 9.76. The van der Waals surface area contributed by atoms with E-state index in [1.54, 1.807) is 16.7 Å². The van der Waals surface area contributed by atoms with E-state index in [9.17, 15) is 0 Å². The van der Waals surface area contributed by atoms with Gasteiger partial charge in [0, 0.05) is 0 Å². The second-order valence-corrected chi connectivity index (χ2v) is 4.29. The van der Waals surface area contributed by atoms with E-state index in [1.165, 1.54) is 19.3 Å². The molecule has 0 fully saturated rings. The highest BCUT2D eigenvalue weighted by Gasteiger charge is 2.32. The quantitative estimate of drug-likeness (QED) is 0.544. The van der Waals surface area contributed by atoms with E-state index in [0.717, 1.165) is 11.8 Å². The number of hydrogen-bond acceptors (Lipinski definition) is 0. The van der Waals surface area contributed by atoms with Gasteiger partial charge in [-0.1, -0.05) is 25.1 Å². The summed E-state index contributed by atoms with van der Waals surface area (Å²) in [6.45, 7) is 2.37. The van der Waals surface area contributed by atoms with E-state index in [2.05, 4.69) is 25.1 Å². The van der Waals surface area contributed by atoms with Crippen molar-refractivity contribution in [2.45, 2.75) is 38.0 Å². The molecule has 0 aliphatic heterocycles. The summed E-state index contributed by atoms with van der Waals surface area (Å²) in [7, 11) is 0. The van der Waals surface area contributed by atoms with E-state index in [4.69, 9.17) is 0 Å². The van der Waals surface area contributed by atoms with Gasteiger partial charge in [-0.3, -0.25) is 0 Å². The summed E-state index contributed by atoms with van der Waals surface area (Å²) >= 11 is 0. The van der Waals surface area contributed by atoms with E-state index in [-0.39, 0.29) is 0 Å². The third-order valence-corrected chi connectivity index (χ3v) is 3.62. The van der Waals surface area contributed by atoms with Crippen molar-refractivity contribution < 1.29 is 0 Å². The normalized spacial score (nSPS) is 30.8. The summed E-state index contributed by atoms with van der Waals surface area (Å²) in [4.78, 5) is 0. The first-order chi connectivity index (χ1) is 5.86. The second kappa shape index (κ2) is 2.12. The average molecular weight is 158 g/mol. The van der Waals surface area contributed by atoms with Crippen LogP contribution in [0.3, 0.4) is 0 Å². The molecular formula is C12H14. The second-order valence-electron chi connectivity index (χ2n) is 4.29. The molecule has 1 aromatic rings. The Labute approximate surface area is 73.6 Å². The Morgan fingerprint density at radius 1 is 1.17 bits per heavy atom. The van der Waals surface area contributed by atoms with Gasteiger partial charge in [-0.05, 0) is 47.8 Å². The molecule has 0 amide bonds. The molecule has 0 saturated carbocycles. The van der Waals surface area contributed by atoms with Gasteiger partial charge in [0.2, 0.25) is 0 Å². The van der Waals surface area contributed by atoms with Crippen molar-refractivity contribution in [1.82, 2.24) is 0 Å². The minimum absolute atomic E-state index is 0.812. The van der Waals surface area contributed by atoms with Crippen molar-refractivity contribution in [1.29, 1.82) is 0 Å². The van der Waals surface area contributed by atoms with E-state index in [0.29, 0.717) is 0 Å². The largest absolute Gasteiger partial charge is 0.0617 e. The molecule has 12 heavy (non-hydrogen) atoms. The fourth-order valence-electron chi connectivity index (χ4n) is 2.79. The van der Waals surface area contributed by atoms with Crippen LogP contribution in [0.25, 0.3) is 0 Å². The van der Waals surface area contributed by atoms with Gasteiger partial charge >= 0.3 is 0 Å². The minimum atomic E-state index is 0.812. The van der Waals surface area contributed by atoms with Crippen molar-refractivity contribution in [3.63, 3.8) is 0 Å². The van der Waals surface area contributed by atoms with Crippen LogP contribution in [0.4, 0.5) is 0 Å². The fraction of sp³-hybridized carbons (Fsp3) is 0.500. The van der Waals surface area contributed by atoms with Crippen LogP contribution in [0.1, 0.15) is 48.3 Å². The Morgan fingerprint density at radius 3 is 2.92 bits per heavy atom. The molecule has 1 aromatic carbocycles. The van der Waals surface area contributed by atoms with Crippen LogP contribution in [-0.4, -0.2) is 0 Å². The van der Waals surface area contributed by atoms with Gasteiger partial charge in [-0.25, -0.2) is 0 Å². The van der Waals surface area contributed by atoms with Crippen LogP contribution in [0.2, 0.25) is 0 Å². The molecule has 0 aromatic heterocycles. The first-order valence-corrected chi connectivity index (χ1v) is 4.98. The Hall–Kier alpha value is -0.780. The Balaban J connectivity index is 2.23. The molecule has 2 unspecified atom stereocenters. The average Bonchev–Trinajstić information content (AvgIpc) is 2.23. The first-order valence-electron chi connectivity index (χ1n) is 4.98. The van der Waals surface area contributed by atoms with Crippen molar-refractivity contribution in [3.8, 4) is 0 Å². The van der Waals surface area contributed by atoms with Gasteiger partial charge in [-0.15, -0.1) is 0 Å². The molecule has 62 valence electrons. The maximum absolute atomic E-state index is 2.37. The highest BCUT2D eigenvalue weighted by Crippen LogP contribution is 2.47. The van der Waals surface area contributed by atoms with Crippen molar-refractivity contribution >= 4 is 0 Å². The Bertz CT molecular complexity index is 325. The van der Waals surface area contributed by atoms with Crippen molar-refractivity contribution in [3.05, 3.63) is 34.9 Å². The Kier molecular flexibility index (Phi) is 1.19. The van der Waals surface area contributed by atoms with Crippen molar-refractivity contribution in [2.24, 2.45) is 0 Å². The highest BCUT2D eigenvalue weighted by atomic mass is 14.4. The molecule has 0 heterocycles. The number of benzene rings is 1. The number of hydrogen-bond donors (Lipinski definition) is 0. The fourth-order valence-corrected chi connectivity index (χ4v) is 2.79. The Morgan fingerprint density at radius 2 is 2.00 bits per heavy atom. The van der Waals surface area contributed by atoms with Gasteiger partial charge in [0.05, 0.1) is 0 Å². The van der Waals surface area contributed by atoms with Crippen molar-refractivity contribution in [2.75, 3.05) is 0 Å². The monoisotopic (exact) mass is 158 g/mol. The lowest BCUT2D eigenvalue weighted by Crippen LogP contribution is -2.15. The maximum Gasteiger partial charge on any atom is -0.0118 e. The van der Waals surface area contributed by atoms with Gasteiger partial charge in [0.25, 0.3) is 0 Å². The smallest absolute Gasteiger partial charge is 0.0118 e. The SMILES string of the molecule is CC1CCC2Cc3c1cccc32. The van der Waals surface area contributed by atoms with Crippen LogP contribution in [0.15, 0.2) is 18.2 Å². The molecule has 0 N–H and O–H groups in total. The molecule has 2 atom stereocenters. The van der Waals surface area contributed by atoms with Crippen LogP contribution in [-0.2, 0) is 6.42 Å². The lowest BCUT2D eigenvalue weighted by molar-refractivity contribution is 0.546. The summed E-state index contributed by atoms with van der Waals surface area (Å²) < 4.78 is 0. The van der Waals surface area contributed by atoms with Gasteiger partial charge in [-0.2, -0.15) is 0 Å². The molecule has 3 aliphatic rings.